The van der Waals surface area contributed by atoms with E-state index in [2.05, 4.69) is 28.1 Å². The zero-order valence-electron chi connectivity index (χ0n) is 10.7. The zero-order valence-corrected chi connectivity index (χ0v) is 12.3. The van der Waals surface area contributed by atoms with Gasteiger partial charge < -0.3 is 5.32 Å². The molecule has 2 fully saturated rings. The molecule has 1 unspecified atom stereocenters. The van der Waals surface area contributed by atoms with Crippen molar-refractivity contribution in [2.45, 2.75) is 19.0 Å². The van der Waals surface area contributed by atoms with Gasteiger partial charge in [-0.3, -0.25) is 9.80 Å². The Morgan fingerprint density at radius 3 is 2.67 bits per heavy atom. The van der Waals surface area contributed by atoms with Gasteiger partial charge in [0.05, 0.1) is 4.34 Å². The van der Waals surface area contributed by atoms with Crippen molar-refractivity contribution in [2.75, 3.05) is 39.3 Å². The van der Waals surface area contributed by atoms with Crippen LogP contribution >= 0.6 is 22.9 Å². The summed E-state index contributed by atoms with van der Waals surface area (Å²) in [6.07, 6.45) is 0. The number of thiophene rings is 1. The average Bonchev–Trinajstić information content (AvgIpc) is 2.75. The van der Waals surface area contributed by atoms with E-state index in [1.165, 1.54) is 31.1 Å². The Bertz CT molecular complexity index is 397. The number of likely N-dealkylation sites (tertiary alicyclic amines) is 1. The average molecular weight is 286 g/mol. The molecular formula is C13H20ClN3S. The van der Waals surface area contributed by atoms with Crippen LogP contribution in [0.2, 0.25) is 4.34 Å². The fraction of sp³-hybridized carbons (Fsp3) is 0.692. The summed E-state index contributed by atoms with van der Waals surface area (Å²) in [6.45, 7) is 9.40. The molecule has 2 aliphatic rings. The second-order valence-corrected chi connectivity index (χ2v) is 6.96. The highest BCUT2D eigenvalue weighted by Gasteiger charge is 2.35. The highest BCUT2D eigenvalue weighted by atomic mass is 35.5. The third kappa shape index (κ3) is 2.58. The van der Waals surface area contributed by atoms with Gasteiger partial charge >= 0.3 is 0 Å². The van der Waals surface area contributed by atoms with Crippen LogP contribution in [-0.4, -0.2) is 55.1 Å². The lowest BCUT2D eigenvalue weighted by atomic mass is 10.0. The summed E-state index contributed by atoms with van der Waals surface area (Å²) in [5.41, 5.74) is 0. The molecule has 1 atom stereocenters. The molecule has 0 aliphatic carbocycles. The van der Waals surface area contributed by atoms with E-state index in [9.17, 15) is 0 Å². The van der Waals surface area contributed by atoms with Gasteiger partial charge in [0.25, 0.3) is 0 Å². The van der Waals surface area contributed by atoms with Crippen LogP contribution in [-0.2, 0) is 0 Å². The quantitative estimate of drug-likeness (QED) is 0.917. The number of nitrogens with one attached hydrogen (secondary N) is 1. The molecule has 18 heavy (non-hydrogen) atoms. The predicted octanol–water partition coefficient (Wildman–Crippen LogP) is 2.05. The maximum atomic E-state index is 6.01. The van der Waals surface area contributed by atoms with Crippen molar-refractivity contribution in [1.29, 1.82) is 0 Å². The first kappa shape index (κ1) is 12.9. The molecule has 5 heteroatoms. The number of piperazine rings is 1. The summed E-state index contributed by atoms with van der Waals surface area (Å²) in [4.78, 5) is 6.56. The molecule has 0 amide bonds. The van der Waals surface area contributed by atoms with Gasteiger partial charge in [0.15, 0.2) is 0 Å². The molecule has 0 spiro atoms. The van der Waals surface area contributed by atoms with Gasteiger partial charge in [0.1, 0.15) is 0 Å². The van der Waals surface area contributed by atoms with Crippen molar-refractivity contribution < 1.29 is 0 Å². The maximum absolute atomic E-state index is 6.01. The molecule has 0 bridgehead atoms. The fourth-order valence-electron chi connectivity index (χ4n) is 2.82. The van der Waals surface area contributed by atoms with Gasteiger partial charge in [-0.15, -0.1) is 11.3 Å². The molecule has 1 N–H and O–H groups in total. The van der Waals surface area contributed by atoms with Crippen LogP contribution in [0.4, 0.5) is 0 Å². The molecule has 1 aromatic rings. The normalized spacial score (nSPS) is 25.0. The lowest BCUT2D eigenvalue weighted by molar-refractivity contribution is 0.00432. The monoisotopic (exact) mass is 285 g/mol. The molecule has 3 nitrogen and oxygen atoms in total. The SMILES string of the molecule is CC(c1ccc(Cl)s1)N1CC(N2CCNCC2)C1. The molecule has 2 aliphatic heterocycles. The maximum Gasteiger partial charge on any atom is 0.0931 e. The third-order valence-corrected chi connectivity index (χ3v) is 5.51. The molecule has 0 aromatic carbocycles. The zero-order chi connectivity index (χ0) is 12.5. The lowest BCUT2D eigenvalue weighted by Gasteiger charge is -2.49. The van der Waals surface area contributed by atoms with E-state index in [-0.39, 0.29) is 0 Å². The minimum absolute atomic E-state index is 0.515. The minimum Gasteiger partial charge on any atom is -0.314 e. The number of hydrogen-bond donors (Lipinski definition) is 1. The van der Waals surface area contributed by atoms with Crippen molar-refractivity contribution in [3.8, 4) is 0 Å². The summed E-state index contributed by atoms with van der Waals surface area (Å²) >= 11 is 7.72. The summed E-state index contributed by atoms with van der Waals surface area (Å²) < 4.78 is 0.899. The van der Waals surface area contributed by atoms with E-state index >= 15 is 0 Å². The minimum atomic E-state index is 0.515. The number of rotatable bonds is 3. The van der Waals surface area contributed by atoms with Gasteiger partial charge in [-0.1, -0.05) is 11.6 Å². The second-order valence-electron chi connectivity index (χ2n) is 5.21. The third-order valence-electron chi connectivity index (χ3n) is 4.11. The van der Waals surface area contributed by atoms with Crippen LogP contribution in [0.15, 0.2) is 12.1 Å². The van der Waals surface area contributed by atoms with Crippen LogP contribution in [0.25, 0.3) is 0 Å². The van der Waals surface area contributed by atoms with Crippen molar-refractivity contribution in [3.63, 3.8) is 0 Å². The Kier molecular flexibility index (Phi) is 3.91. The number of halogens is 1. The first-order valence-corrected chi connectivity index (χ1v) is 7.87. The van der Waals surface area contributed by atoms with Gasteiger partial charge in [0.2, 0.25) is 0 Å². The van der Waals surface area contributed by atoms with Crippen LogP contribution in [0.3, 0.4) is 0 Å². The summed E-state index contributed by atoms with van der Waals surface area (Å²) in [6, 6.07) is 5.45. The summed E-state index contributed by atoms with van der Waals surface area (Å²) in [7, 11) is 0. The van der Waals surface area contributed by atoms with E-state index in [1.54, 1.807) is 11.3 Å². The molecule has 0 radical (unpaired) electrons. The van der Waals surface area contributed by atoms with Crippen molar-refractivity contribution in [1.82, 2.24) is 15.1 Å². The Morgan fingerprint density at radius 1 is 1.33 bits per heavy atom. The van der Waals surface area contributed by atoms with Crippen molar-refractivity contribution >= 4 is 22.9 Å². The van der Waals surface area contributed by atoms with Gasteiger partial charge in [-0.05, 0) is 19.1 Å². The topological polar surface area (TPSA) is 18.5 Å². The lowest BCUT2D eigenvalue weighted by Crippen LogP contribution is -2.62. The molecule has 100 valence electrons. The van der Waals surface area contributed by atoms with Crippen LogP contribution < -0.4 is 5.32 Å². The van der Waals surface area contributed by atoms with E-state index in [4.69, 9.17) is 11.6 Å². The highest BCUT2D eigenvalue weighted by Crippen LogP contribution is 2.33. The van der Waals surface area contributed by atoms with E-state index in [1.807, 2.05) is 6.07 Å². The molecule has 2 saturated heterocycles. The Labute approximate surface area is 118 Å². The Balaban J connectivity index is 1.52. The van der Waals surface area contributed by atoms with E-state index in [0.717, 1.165) is 23.5 Å². The van der Waals surface area contributed by atoms with Crippen molar-refractivity contribution in [2.24, 2.45) is 0 Å². The highest BCUT2D eigenvalue weighted by molar-refractivity contribution is 7.16. The molecule has 3 heterocycles. The molecular weight excluding hydrogens is 266 g/mol. The Morgan fingerprint density at radius 2 is 2.06 bits per heavy atom. The summed E-state index contributed by atoms with van der Waals surface area (Å²) in [5.74, 6) is 0. The Hall–Kier alpha value is -0.130. The van der Waals surface area contributed by atoms with Crippen LogP contribution in [0.1, 0.15) is 17.8 Å². The smallest absolute Gasteiger partial charge is 0.0931 e. The van der Waals surface area contributed by atoms with Crippen LogP contribution in [0.5, 0.6) is 0 Å². The molecule has 3 rings (SSSR count). The van der Waals surface area contributed by atoms with E-state index in [0.29, 0.717) is 6.04 Å². The number of hydrogen-bond acceptors (Lipinski definition) is 4. The van der Waals surface area contributed by atoms with Crippen LogP contribution in [0, 0.1) is 0 Å². The largest absolute Gasteiger partial charge is 0.314 e. The van der Waals surface area contributed by atoms with Gasteiger partial charge in [-0.25, -0.2) is 0 Å². The van der Waals surface area contributed by atoms with Gasteiger partial charge in [-0.2, -0.15) is 0 Å². The predicted molar refractivity (Wildman–Crippen MR) is 77.5 cm³/mol. The summed E-state index contributed by atoms with van der Waals surface area (Å²) in [5, 5.41) is 3.41. The molecule has 0 saturated carbocycles. The second kappa shape index (κ2) is 5.47. The molecule has 1 aromatic heterocycles. The van der Waals surface area contributed by atoms with Crippen molar-refractivity contribution in [3.05, 3.63) is 21.3 Å². The fourth-order valence-corrected chi connectivity index (χ4v) is 3.96. The van der Waals surface area contributed by atoms with E-state index < -0.39 is 0 Å². The number of nitrogens with zero attached hydrogens (tertiary/aromatic N) is 2. The first-order chi connectivity index (χ1) is 8.74. The first-order valence-electron chi connectivity index (χ1n) is 6.68. The standard InChI is InChI=1S/C13H20ClN3S/c1-10(12-2-3-13(14)18-12)17-8-11(9-17)16-6-4-15-5-7-16/h2-3,10-11,15H,4-9H2,1H3. The van der Waals surface area contributed by atoms with Gasteiger partial charge in [0, 0.05) is 56.2 Å².